The fourth-order valence-corrected chi connectivity index (χ4v) is 8.43. The fraction of sp³-hybridized carbons (Fsp3) is 0.111. The van der Waals surface area contributed by atoms with Gasteiger partial charge in [0.25, 0.3) is 25.8 Å². The number of nitrogens with zero attached hydrogens (tertiary/aromatic N) is 1. The second-order valence-corrected chi connectivity index (χ2v) is 14.6. The molecule has 5 rings (SSSR count). The van der Waals surface area contributed by atoms with Crippen LogP contribution in [0.2, 0.25) is 0 Å². The number of benzene rings is 3. The number of rotatable bonds is 9. The molecule has 15 nitrogen and oxygen atoms in total. The van der Waals surface area contributed by atoms with Gasteiger partial charge in [0.05, 0.1) is 38.7 Å². The molecule has 45 heavy (non-hydrogen) atoms. The van der Waals surface area contributed by atoms with Crippen LogP contribution in [0.5, 0.6) is 0 Å². The zero-order chi connectivity index (χ0) is 33.1. The number of sulfone groups is 1. The van der Waals surface area contributed by atoms with E-state index < -0.39 is 91.0 Å². The lowest BCUT2D eigenvalue weighted by Gasteiger charge is -2.16. The predicted octanol–water partition coefficient (Wildman–Crippen LogP) is 1.16. The van der Waals surface area contributed by atoms with Gasteiger partial charge in [0.15, 0.2) is 15.3 Å². The van der Waals surface area contributed by atoms with Crippen molar-refractivity contribution in [1.82, 2.24) is 4.98 Å². The van der Waals surface area contributed by atoms with Crippen molar-refractivity contribution in [2.75, 3.05) is 11.1 Å². The quantitative estimate of drug-likeness (QED) is 0.137. The summed E-state index contributed by atoms with van der Waals surface area (Å²) in [4.78, 5) is 38.4. The molecule has 0 saturated heterocycles. The number of carboxylic acids is 1. The summed E-state index contributed by atoms with van der Waals surface area (Å²) >= 11 is 0. The Morgan fingerprint density at radius 3 is 2.09 bits per heavy atom. The lowest BCUT2D eigenvalue weighted by molar-refractivity contribution is -0.137. The number of nitrogens with one attached hydrogen (secondary N) is 1. The number of carboxylic acid groups (broad SMARTS) is 1. The molecule has 0 atom stereocenters. The number of aliphatic hydroxyl groups is 1. The predicted molar refractivity (Wildman–Crippen MR) is 159 cm³/mol. The fourth-order valence-electron chi connectivity index (χ4n) is 5.09. The minimum atomic E-state index is -5.15. The number of aliphatic carboxylic acids is 1. The topological polar surface area (TPSA) is 259 Å². The molecule has 3 aromatic carbocycles. The summed E-state index contributed by atoms with van der Waals surface area (Å²) in [5.74, 6) is -2.12. The summed E-state index contributed by atoms with van der Waals surface area (Å²) in [6.45, 7) is 0. The maximum atomic E-state index is 13.8. The molecule has 5 N–H and O–H groups in total. The van der Waals surface area contributed by atoms with Gasteiger partial charge in [-0.15, -0.1) is 0 Å². The van der Waals surface area contributed by atoms with Gasteiger partial charge in [0.1, 0.15) is 9.79 Å². The number of anilines is 2. The van der Waals surface area contributed by atoms with E-state index in [1.54, 1.807) is 0 Å². The standard InChI is InChI=1S/C27H20N2O13S3/c30-12-16-22-14-4-1-2-5-15(14)26(33)23-17(11-20(45(40,41)42)25(24(22)23)29-27(16)34)28-13-7-8-18(44(37,38)39)19(10-13)43(35,36)9-3-6-21(31)32/h1-2,4-5,7-8,10-12,28,30H,3,6,9H2,(H,31,32)(H,37,38,39)(H,40,41,42). The van der Waals surface area contributed by atoms with Crippen LogP contribution < -0.4 is 21.5 Å². The Bertz CT molecular complexity index is 2640. The van der Waals surface area contributed by atoms with Crippen molar-refractivity contribution in [1.29, 1.82) is 0 Å². The third-order valence-corrected chi connectivity index (χ3v) is 10.7. The van der Waals surface area contributed by atoms with Crippen LogP contribution in [-0.2, 0) is 34.9 Å². The second kappa shape index (κ2) is 11.0. The summed E-state index contributed by atoms with van der Waals surface area (Å²) < 4.78 is 95.0. The van der Waals surface area contributed by atoms with Crippen molar-refractivity contribution in [2.45, 2.75) is 27.5 Å². The van der Waals surface area contributed by atoms with Gasteiger partial charge in [0.2, 0.25) is 0 Å². The summed E-state index contributed by atoms with van der Waals surface area (Å²) in [5, 5.41) is 20.6. The van der Waals surface area contributed by atoms with Gasteiger partial charge in [-0.3, -0.25) is 23.5 Å². The summed E-state index contributed by atoms with van der Waals surface area (Å²) in [7, 11) is -14.8. The molecule has 2 aliphatic rings. The number of fused-ring (bicyclic) bond motifs is 2. The highest BCUT2D eigenvalue weighted by molar-refractivity contribution is 7.92. The Kier molecular flexibility index (Phi) is 7.74. The van der Waals surface area contributed by atoms with Crippen LogP contribution in [0.3, 0.4) is 0 Å². The average molecular weight is 677 g/mol. The average Bonchev–Trinajstić information content (AvgIpc) is 2.94. The lowest BCUT2D eigenvalue weighted by Crippen LogP contribution is -2.31. The minimum Gasteiger partial charge on any atom is -0.515 e. The van der Waals surface area contributed by atoms with Gasteiger partial charge in [-0.25, -0.2) is 13.4 Å². The molecule has 0 saturated carbocycles. The first-order valence-electron chi connectivity index (χ1n) is 12.6. The molecule has 0 radical (unpaired) electrons. The van der Waals surface area contributed by atoms with Gasteiger partial charge < -0.3 is 15.5 Å². The van der Waals surface area contributed by atoms with E-state index in [4.69, 9.17) is 5.11 Å². The maximum absolute atomic E-state index is 13.8. The monoisotopic (exact) mass is 676 g/mol. The van der Waals surface area contributed by atoms with Gasteiger partial charge in [-0.1, -0.05) is 24.3 Å². The SMILES string of the molecule is O=C(O)CCCS(=O)(=O)c1cc(Nc2cc(S(=O)(=O)O)c3nc(=O)c(=CO)c4c5ccccc5c(=O)c2c3=4)ccc1S(=O)(=O)O. The van der Waals surface area contributed by atoms with Crippen LogP contribution in [0.25, 0.3) is 27.9 Å². The zero-order valence-electron chi connectivity index (χ0n) is 22.5. The molecular formula is C27H20N2O13S3. The summed E-state index contributed by atoms with van der Waals surface area (Å²) in [6.07, 6.45) is -0.527. The molecule has 0 spiro atoms. The first-order chi connectivity index (χ1) is 21.0. The molecule has 234 valence electrons. The van der Waals surface area contributed by atoms with Crippen molar-refractivity contribution < 1.29 is 49.4 Å². The van der Waals surface area contributed by atoms with Crippen LogP contribution in [0.15, 0.2) is 72.8 Å². The Morgan fingerprint density at radius 1 is 0.844 bits per heavy atom. The van der Waals surface area contributed by atoms with E-state index in [9.17, 15) is 53.8 Å². The minimum absolute atomic E-state index is 0.0334. The molecule has 0 amide bonds. The Labute approximate surface area is 252 Å². The molecule has 1 aliphatic carbocycles. The molecule has 18 heteroatoms. The number of aliphatic hydroxyl groups excluding tert-OH is 1. The maximum Gasteiger partial charge on any atom is 0.303 e. The van der Waals surface area contributed by atoms with E-state index in [0.717, 1.165) is 24.3 Å². The number of hydrogen-bond acceptors (Lipinski definition) is 12. The van der Waals surface area contributed by atoms with Gasteiger partial charge >= 0.3 is 5.97 Å². The van der Waals surface area contributed by atoms with E-state index in [2.05, 4.69) is 10.3 Å². The number of hydrogen-bond donors (Lipinski definition) is 5. The van der Waals surface area contributed by atoms with Crippen LogP contribution in [0, 0.1) is 10.4 Å². The Hall–Kier alpha value is -4.75. The summed E-state index contributed by atoms with van der Waals surface area (Å²) in [5.41, 5.74) is -2.97. The van der Waals surface area contributed by atoms with Gasteiger partial charge in [0, 0.05) is 27.9 Å². The molecule has 3 aromatic rings. The van der Waals surface area contributed by atoms with Gasteiger partial charge in [-0.05, 0) is 36.1 Å². The molecule has 0 bridgehead atoms. The van der Waals surface area contributed by atoms with Crippen molar-refractivity contribution in [3.05, 3.63) is 84.8 Å². The van der Waals surface area contributed by atoms with Crippen LogP contribution in [-0.4, -0.2) is 61.3 Å². The first kappa shape index (κ1) is 31.7. The Balaban J connectivity index is 1.89. The third kappa shape index (κ3) is 5.64. The Morgan fingerprint density at radius 2 is 1.49 bits per heavy atom. The lowest BCUT2D eigenvalue weighted by atomic mass is 9.97. The molecule has 0 aromatic heterocycles. The van der Waals surface area contributed by atoms with Crippen LogP contribution in [0.1, 0.15) is 12.8 Å². The van der Waals surface area contributed by atoms with Crippen LogP contribution >= 0.6 is 0 Å². The van der Waals surface area contributed by atoms with Crippen molar-refractivity contribution in [2.24, 2.45) is 0 Å². The number of aromatic nitrogens is 1. The van der Waals surface area contributed by atoms with E-state index in [-0.39, 0.29) is 38.0 Å². The number of carbonyl (C=O) groups is 1. The van der Waals surface area contributed by atoms with E-state index >= 15 is 0 Å². The zero-order valence-corrected chi connectivity index (χ0v) is 24.9. The van der Waals surface area contributed by atoms with Crippen molar-refractivity contribution in [3.8, 4) is 0 Å². The molecule has 0 unspecified atom stereocenters. The van der Waals surface area contributed by atoms with Crippen LogP contribution in [0.4, 0.5) is 11.4 Å². The normalized spacial score (nSPS) is 13.2. The van der Waals surface area contributed by atoms with Gasteiger partial charge in [-0.2, -0.15) is 16.8 Å². The second-order valence-electron chi connectivity index (χ2n) is 9.78. The molecular weight excluding hydrogens is 656 g/mol. The van der Waals surface area contributed by atoms with E-state index in [1.165, 1.54) is 24.3 Å². The molecule has 0 fully saturated rings. The van der Waals surface area contributed by atoms with Crippen molar-refractivity contribution >= 4 is 75.4 Å². The first-order valence-corrected chi connectivity index (χ1v) is 17.1. The van der Waals surface area contributed by atoms with E-state index in [1.807, 2.05) is 0 Å². The highest BCUT2D eigenvalue weighted by Gasteiger charge is 2.28. The summed E-state index contributed by atoms with van der Waals surface area (Å²) in [6, 6.07) is 9.15. The molecule has 1 aliphatic heterocycles. The highest BCUT2D eigenvalue weighted by Crippen LogP contribution is 2.33. The third-order valence-electron chi connectivity index (χ3n) is 6.94. The largest absolute Gasteiger partial charge is 0.515 e. The van der Waals surface area contributed by atoms with E-state index in [0.29, 0.717) is 6.26 Å². The van der Waals surface area contributed by atoms with Crippen molar-refractivity contribution in [3.63, 3.8) is 0 Å². The highest BCUT2D eigenvalue weighted by atomic mass is 32.2. The smallest absolute Gasteiger partial charge is 0.303 e. The molecule has 1 heterocycles.